The lowest BCUT2D eigenvalue weighted by atomic mass is 10.2. The Kier molecular flexibility index (Phi) is 5.83. The number of morpholine rings is 1. The van der Waals surface area contributed by atoms with Gasteiger partial charge in [-0.05, 0) is 25.5 Å². The Bertz CT molecular complexity index is 771. The van der Waals surface area contributed by atoms with Gasteiger partial charge in [0.25, 0.3) is 0 Å². The molecule has 0 radical (unpaired) electrons. The molecule has 1 aromatic heterocycles. The van der Waals surface area contributed by atoms with Gasteiger partial charge in [0.1, 0.15) is 0 Å². The van der Waals surface area contributed by atoms with Gasteiger partial charge in [0.15, 0.2) is 5.16 Å². The first-order valence-electron chi connectivity index (χ1n) is 8.71. The lowest BCUT2D eigenvalue weighted by Crippen LogP contribution is -2.38. The van der Waals surface area contributed by atoms with Crippen LogP contribution in [0.5, 0.6) is 0 Å². The van der Waals surface area contributed by atoms with E-state index in [0.717, 1.165) is 35.4 Å². The molecule has 1 aliphatic heterocycles. The lowest BCUT2D eigenvalue weighted by Gasteiger charge is -2.28. The van der Waals surface area contributed by atoms with E-state index in [1.165, 1.54) is 11.8 Å². The SMILES string of the molecule is Cc1ccccc1-n1c(SC(C)C(=O)N(C)C)nnc1N1CCOCC1. The minimum atomic E-state index is -0.241. The Morgan fingerprint density at radius 3 is 2.58 bits per heavy atom. The lowest BCUT2D eigenvalue weighted by molar-refractivity contribution is -0.127. The van der Waals surface area contributed by atoms with Crippen LogP contribution in [0.1, 0.15) is 12.5 Å². The standard InChI is InChI=1S/C18H25N5O2S/c1-13-7-5-6-8-15(13)23-17(22-9-11-25-12-10-22)19-20-18(23)26-14(2)16(24)21(3)4/h5-8,14H,9-12H2,1-4H3. The number of carbonyl (C=O) groups is 1. The third kappa shape index (κ3) is 3.86. The summed E-state index contributed by atoms with van der Waals surface area (Å²) in [5.74, 6) is 0.858. The zero-order chi connectivity index (χ0) is 18.7. The second kappa shape index (κ2) is 8.09. The van der Waals surface area contributed by atoms with Crippen LogP contribution in [0.2, 0.25) is 0 Å². The van der Waals surface area contributed by atoms with Crippen molar-refractivity contribution in [2.24, 2.45) is 0 Å². The zero-order valence-electron chi connectivity index (χ0n) is 15.7. The summed E-state index contributed by atoms with van der Waals surface area (Å²) < 4.78 is 7.53. The van der Waals surface area contributed by atoms with Gasteiger partial charge >= 0.3 is 0 Å². The van der Waals surface area contributed by atoms with Crippen LogP contribution in [0.25, 0.3) is 5.69 Å². The first kappa shape index (κ1) is 18.7. The summed E-state index contributed by atoms with van der Waals surface area (Å²) in [5, 5.41) is 9.35. The van der Waals surface area contributed by atoms with Gasteiger partial charge in [-0.25, -0.2) is 0 Å². The molecule has 1 aliphatic rings. The van der Waals surface area contributed by atoms with E-state index < -0.39 is 0 Å². The highest BCUT2D eigenvalue weighted by atomic mass is 32.2. The number of nitrogens with zero attached hydrogens (tertiary/aromatic N) is 5. The van der Waals surface area contributed by atoms with Crippen LogP contribution in [0, 0.1) is 6.92 Å². The molecule has 1 fully saturated rings. The van der Waals surface area contributed by atoms with Gasteiger partial charge in [-0.2, -0.15) is 0 Å². The maximum absolute atomic E-state index is 12.3. The van der Waals surface area contributed by atoms with E-state index in [1.807, 2.05) is 19.1 Å². The average molecular weight is 375 g/mol. The number of aryl methyl sites for hydroxylation is 1. The van der Waals surface area contributed by atoms with Gasteiger partial charge in [-0.15, -0.1) is 10.2 Å². The zero-order valence-corrected chi connectivity index (χ0v) is 16.5. The summed E-state index contributed by atoms with van der Waals surface area (Å²) >= 11 is 1.44. The number of para-hydroxylation sites is 1. The molecule has 0 saturated carbocycles. The first-order valence-corrected chi connectivity index (χ1v) is 9.59. The predicted octanol–water partition coefficient (Wildman–Crippen LogP) is 1.98. The van der Waals surface area contributed by atoms with Crippen LogP contribution < -0.4 is 4.90 Å². The van der Waals surface area contributed by atoms with Crippen molar-refractivity contribution in [3.8, 4) is 5.69 Å². The highest BCUT2D eigenvalue weighted by molar-refractivity contribution is 8.00. The summed E-state index contributed by atoms with van der Waals surface area (Å²) in [6, 6.07) is 8.16. The van der Waals surface area contributed by atoms with Crippen molar-refractivity contribution in [2.45, 2.75) is 24.3 Å². The predicted molar refractivity (Wildman–Crippen MR) is 103 cm³/mol. The number of ether oxygens (including phenoxy) is 1. The Labute approximate surface area is 158 Å². The Morgan fingerprint density at radius 2 is 1.92 bits per heavy atom. The van der Waals surface area contributed by atoms with Crippen LogP contribution in [0.3, 0.4) is 0 Å². The number of aromatic nitrogens is 3. The number of benzene rings is 1. The molecule has 7 nitrogen and oxygen atoms in total. The molecule has 1 aromatic carbocycles. The van der Waals surface area contributed by atoms with E-state index in [9.17, 15) is 4.79 Å². The van der Waals surface area contributed by atoms with Gasteiger partial charge in [0, 0.05) is 27.2 Å². The van der Waals surface area contributed by atoms with Crippen LogP contribution in [0.4, 0.5) is 5.95 Å². The normalized spacial score (nSPS) is 15.8. The monoisotopic (exact) mass is 375 g/mol. The van der Waals surface area contributed by atoms with Crippen molar-refractivity contribution in [1.82, 2.24) is 19.7 Å². The molecule has 1 unspecified atom stereocenters. The summed E-state index contributed by atoms with van der Waals surface area (Å²) in [5.41, 5.74) is 2.17. The minimum Gasteiger partial charge on any atom is -0.378 e. The molecule has 1 saturated heterocycles. The first-order chi connectivity index (χ1) is 12.5. The fourth-order valence-corrected chi connectivity index (χ4v) is 3.91. The molecular weight excluding hydrogens is 350 g/mol. The highest BCUT2D eigenvalue weighted by Crippen LogP contribution is 2.31. The maximum atomic E-state index is 12.3. The summed E-state index contributed by atoms with van der Waals surface area (Å²) in [6.45, 7) is 6.89. The Hall–Kier alpha value is -2.06. The average Bonchev–Trinajstić information content (AvgIpc) is 3.05. The molecule has 2 heterocycles. The highest BCUT2D eigenvalue weighted by Gasteiger charge is 2.25. The quantitative estimate of drug-likeness (QED) is 0.745. The second-order valence-corrected chi connectivity index (χ2v) is 7.80. The van der Waals surface area contributed by atoms with Crippen LogP contribution in [-0.4, -0.2) is 71.2 Å². The minimum absolute atomic E-state index is 0.0576. The van der Waals surface area contributed by atoms with Gasteiger partial charge in [-0.3, -0.25) is 9.36 Å². The largest absolute Gasteiger partial charge is 0.378 e. The molecular formula is C18H25N5O2S. The molecule has 140 valence electrons. The second-order valence-electron chi connectivity index (χ2n) is 6.50. The third-order valence-corrected chi connectivity index (χ3v) is 5.37. The summed E-state index contributed by atoms with van der Waals surface area (Å²) in [4.78, 5) is 16.1. The van der Waals surface area contributed by atoms with Gasteiger partial charge < -0.3 is 14.5 Å². The molecule has 8 heteroatoms. The number of thioether (sulfide) groups is 1. The van der Waals surface area contributed by atoms with Crippen molar-refractivity contribution in [3.63, 3.8) is 0 Å². The van der Waals surface area contributed by atoms with E-state index in [-0.39, 0.29) is 11.2 Å². The molecule has 26 heavy (non-hydrogen) atoms. The van der Waals surface area contributed by atoms with Crippen LogP contribution in [0.15, 0.2) is 29.4 Å². The van der Waals surface area contributed by atoms with E-state index in [0.29, 0.717) is 13.2 Å². The smallest absolute Gasteiger partial charge is 0.235 e. The van der Waals surface area contributed by atoms with E-state index in [1.54, 1.807) is 19.0 Å². The number of anilines is 1. The number of rotatable bonds is 5. The molecule has 1 atom stereocenters. The van der Waals surface area contributed by atoms with Crippen molar-refractivity contribution in [1.29, 1.82) is 0 Å². The van der Waals surface area contributed by atoms with Crippen LogP contribution >= 0.6 is 11.8 Å². The number of hydrogen-bond donors (Lipinski definition) is 0. The number of carbonyl (C=O) groups excluding carboxylic acids is 1. The number of hydrogen-bond acceptors (Lipinski definition) is 6. The molecule has 0 N–H and O–H groups in total. The maximum Gasteiger partial charge on any atom is 0.235 e. The molecule has 3 rings (SSSR count). The number of amides is 1. The topological polar surface area (TPSA) is 63.5 Å². The fraction of sp³-hybridized carbons (Fsp3) is 0.500. The van der Waals surface area contributed by atoms with Crippen molar-refractivity contribution in [2.75, 3.05) is 45.3 Å². The molecule has 1 amide bonds. The van der Waals surface area contributed by atoms with E-state index in [2.05, 4.69) is 38.7 Å². The third-order valence-electron chi connectivity index (χ3n) is 4.34. The Morgan fingerprint density at radius 1 is 1.23 bits per heavy atom. The molecule has 0 spiro atoms. The van der Waals surface area contributed by atoms with Crippen LogP contribution in [-0.2, 0) is 9.53 Å². The fourth-order valence-electron chi connectivity index (χ4n) is 2.90. The molecule has 0 bridgehead atoms. The van der Waals surface area contributed by atoms with Crippen molar-refractivity contribution < 1.29 is 9.53 Å². The Balaban J connectivity index is 2.00. The van der Waals surface area contributed by atoms with Gasteiger partial charge in [0.2, 0.25) is 11.9 Å². The van der Waals surface area contributed by atoms with Crippen molar-refractivity contribution >= 4 is 23.6 Å². The van der Waals surface area contributed by atoms with Crippen molar-refractivity contribution in [3.05, 3.63) is 29.8 Å². The molecule has 0 aliphatic carbocycles. The summed E-state index contributed by atoms with van der Waals surface area (Å²) in [7, 11) is 3.54. The van der Waals surface area contributed by atoms with Gasteiger partial charge in [-0.1, -0.05) is 30.0 Å². The summed E-state index contributed by atoms with van der Waals surface area (Å²) in [6.07, 6.45) is 0. The molecule has 2 aromatic rings. The van der Waals surface area contributed by atoms with E-state index in [4.69, 9.17) is 4.74 Å². The van der Waals surface area contributed by atoms with E-state index >= 15 is 0 Å². The van der Waals surface area contributed by atoms with Gasteiger partial charge in [0.05, 0.1) is 24.2 Å².